The van der Waals surface area contributed by atoms with Crippen molar-refractivity contribution in [2.24, 2.45) is 0 Å². The topological polar surface area (TPSA) is 139 Å². The van der Waals surface area contributed by atoms with E-state index in [-0.39, 0.29) is 22.5 Å². The lowest BCUT2D eigenvalue weighted by Gasteiger charge is -2.21. The molecule has 0 spiro atoms. The number of anilines is 1. The minimum absolute atomic E-state index is 0.0117. The van der Waals surface area contributed by atoms with Gasteiger partial charge in [0.05, 0.1) is 35.1 Å². The Morgan fingerprint density at radius 3 is 2.47 bits per heavy atom. The van der Waals surface area contributed by atoms with Crippen LogP contribution in [0.5, 0.6) is 0 Å². The second-order valence-corrected chi connectivity index (χ2v) is 8.49. The molecule has 1 aliphatic heterocycles. The molecule has 4 heterocycles. The first kappa shape index (κ1) is 27.0. The monoisotopic (exact) mass is 549 g/mol. The fourth-order valence-corrected chi connectivity index (χ4v) is 4.03. The summed E-state index contributed by atoms with van der Waals surface area (Å²) in [5.74, 6) is -3.15. The van der Waals surface area contributed by atoms with Gasteiger partial charge in [-0.15, -0.1) is 0 Å². The molecule has 1 saturated heterocycles. The summed E-state index contributed by atoms with van der Waals surface area (Å²) in [6, 6.07) is 0.503. The van der Waals surface area contributed by atoms with Gasteiger partial charge in [-0.05, 0) is 19.1 Å². The van der Waals surface area contributed by atoms with Gasteiger partial charge in [0.25, 0.3) is 11.8 Å². The molecule has 0 unspecified atom stereocenters. The van der Waals surface area contributed by atoms with E-state index in [4.69, 9.17) is 10.8 Å². The largest absolute Gasteiger partial charge is 0.423 e. The Balaban J connectivity index is 1.62. The fraction of sp³-hybridized carbons (Fsp3) is 0.381. The molecule has 0 aromatic carbocycles. The number of pyridine rings is 1. The second-order valence-electron chi connectivity index (χ2n) is 8.49. The number of carbonyl (C=O) groups excluding carboxylic acids is 2. The van der Waals surface area contributed by atoms with Crippen LogP contribution in [-0.4, -0.2) is 79.0 Å². The summed E-state index contributed by atoms with van der Waals surface area (Å²) < 4.78 is 94.1. The number of nitrogens with two attached hydrogens (primary N) is 1. The number of nitrogens with one attached hydrogen (secondary N) is 1. The highest BCUT2D eigenvalue weighted by Gasteiger charge is 2.48. The number of aromatic nitrogens is 4. The molecule has 17 heteroatoms. The fourth-order valence-electron chi connectivity index (χ4n) is 4.03. The van der Waals surface area contributed by atoms with Crippen molar-refractivity contribution in [1.29, 1.82) is 0 Å². The van der Waals surface area contributed by atoms with Crippen LogP contribution in [0.3, 0.4) is 0 Å². The van der Waals surface area contributed by atoms with Gasteiger partial charge in [0.15, 0.2) is 5.82 Å². The van der Waals surface area contributed by atoms with Gasteiger partial charge < -0.3 is 21.1 Å². The van der Waals surface area contributed by atoms with Crippen LogP contribution in [0.1, 0.15) is 21.6 Å². The average molecular weight is 549 g/mol. The van der Waals surface area contributed by atoms with Gasteiger partial charge in [-0.25, -0.2) is 13.9 Å². The van der Waals surface area contributed by atoms with Crippen molar-refractivity contribution < 1.29 is 45.4 Å². The molecular weight excluding hydrogens is 531 g/mol. The molecule has 0 aliphatic carbocycles. The van der Waals surface area contributed by atoms with Crippen LogP contribution in [0.2, 0.25) is 0 Å². The SMILES string of the molecule is Cc1ncc(-c2cc(C(F)(F)F)c3c(N)ncnn23)cc1C(=O)N[C@@H]1CN(C(=O)[C@@H](O)C(F)(F)F)C[C@@H]1F. The highest BCUT2D eigenvalue weighted by molar-refractivity contribution is 5.97. The molecule has 204 valence electrons. The van der Waals surface area contributed by atoms with Gasteiger partial charge in [-0.2, -0.15) is 31.4 Å². The van der Waals surface area contributed by atoms with Crippen LogP contribution in [0.25, 0.3) is 16.8 Å². The first-order chi connectivity index (χ1) is 17.6. The molecule has 0 radical (unpaired) electrons. The van der Waals surface area contributed by atoms with Crippen molar-refractivity contribution in [1.82, 2.24) is 29.8 Å². The van der Waals surface area contributed by atoms with Crippen molar-refractivity contribution in [3.05, 3.63) is 41.5 Å². The van der Waals surface area contributed by atoms with E-state index in [1.165, 1.54) is 19.2 Å². The number of carbonyl (C=O) groups is 2. The third kappa shape index (κ3) is 4.92. The molecule has 4 N–H and O–H groups in total. The van der Waals surface area contributed by atoms with Crippen molar-refractivity contribution in [3.63, 3.8) is 0 Å². The Bertz CT molecular complexity index is 1410. The first-order valence-electron chi connectivity index (χ1n) is 10.7. The zero-order valence-electron chi connectivity index (χ0n) is 19.2. The van der Waals surface area contributed by atoms with Gasteiger partial charge in [0, 0.05) is 18.3 Å². The smallest absolute Gasteiger partial charge is 0.382 e. The molecule has 0 saturated carbocycles. The van der Waals surface area contributed by atoms with Gasteiger partial charge in [0.2, 0.25) is 6.10 Å². The highest BCUT2D eigenvalue weighted by Crippen LogP contribution is 2.38. The highest BCUT2D eigenvalue weighted by atomic mass is 19.4. The number of aliphatic hydroxyl groups is 1. The Hall–Kier alpha value is -4.02. The number of hydrogen-bond acceptors (Lipinski definition) is 7. The van der Waals surface area contributed by atoms with E-state index in [1.807, 2.05) is 0 Å². The second kappa shape index (κ2) is 9.38. The van der Waals surface area contributed by atoms with Gasteiger partial charge in [-0.1, -0.05) is 0 Å². The summed E-state index contributed by atoms with van der Waals surface area (Å²) in [5, 5.41) is 15.2. The number of nitrogen functional groups attached to an aromatic ring is 1. The first-order valence-corrected chi connectivity index (χ1v) is 10.7. The van der Waals surface area contributed by atoms with Crippen LogP contribution in [0.4, 0.5) is 36.6 Å². The minimum atomic E-state index is -5.25. The van der Waals surface area contributed by atoms with Crippen LogP contribution >= 0.6 is 0 Å². The molecule has 38 heavy (non-hydrogen) atoms. The molecule has 3 aromatic rings. The summed E-state index contributed by atoms with van der Waals surface area (Å²) in [4.78, 5) is 32.8. The molecule has 3 atom stereocenters. The van der Waals surface area contributed by atoms with Gasteiger partial charge in [-0.3, -0.25) is 14.6 Å². The number of amides is 2. The van der Waals surface area contributed by atoms with Crippen LogP contribution in [-0.2, 0) is 11.0 Å². The zero-order chi connectivity index (χ0) is 28.2. The Kier molecular flexibility index (Phi) is 6.67. The van der Waals surface area contributed by atoms with E-state index in [2.05, 4.69) is 20.4 Å². The molecule has 10 nitrogen and oxygen atoms in total. The molecule has 1 fully saturated rings. The van der Waals surface area contributed by atoms with Gasteiger partial charge in [0.1, 0.15) is 18.0 Å². The third-order valence-corrected chi connectivity index (χ3v) is 5.94. The lowest BCUT2D eigenvalue weighted by atomic mass is 10.1. The Morgan fingerprint density at radius 2 is 1.84 bits per heavy atom. The number of fused-ring (bicyclic) bond motifs is 1. The maximum atomic E-state index is 14.5. The number of hydrogen-bond donors (Lipinski definition) is 3. The number of nitrogens with zero attached hydrogens (tertiary/aromatic N) is 5. The number of alkyl halides is 7. The number of halogens is 7. The van der Waals surface area contributed by atoms with Crippen molar-refractivity contribution in [2.45, 2.75) is 37.6 Å². The summed E-state index contributed by atoms with van der Waals surface area (Å²) >= 11 is 0. The Morgan fingerprint density at radius 1 is 1.16 bits per heavy atom. The number of aliphatic hydroxyl groups excluding tert-OH is 1. The van der Waals surface area contributed by atoms with E-state index in [0.29, 0.717) is 4.90 Å². The third-order valence-electron chi connectivity index (χ3n) is 5.94. The number of aryl methyl sites for hydroxylation is 1. The zero-order valence-corrected chi connectivity index (χ0v) is 19.2. The molecule has 2 amide bonds. The van der Waals surface area contributed by atoms with Crippen molar-refractivity contribution in [2.75, 3.05) is 18.8 Å². The van der Waals surface area contributed by atoms with E-state index in [1.54, 1.807) is 0 Å². The average Bonchev–Trinajstić information content (AvgIpc) is 3.39. The van der Waals surface area contributed by atoms with Crippen molar-refractivity contribution in [3.8, 4) is 11.3 Å². The lowest BCUT2D eigenvalue weighted by molar-refractivity contribution is -0.210. The standard InChI is InChI=1S/C21H18F7N7O3/c1-8-10(18(37)33-13-6-34(5-12(13)22)19(38)16(36)21(26,27)28)2-9(4-30-8)14-3-11(20(23,24)25)15-17(29)31-7-32-35(14)15/h2-4,7,12-13,16,36H,5-6H2,1H3,(H,33,37)(H2,29,31,32)/t12-,13+,16+/m0/s1. The molecule has 1 aliphatic rings. The normalized spacial score (nSPS) is 19.1. The summed E-state index contributed by atoms with van der Waals surface area (Å²) in [7, 11) is 0. The maximum Gasteiger partial charge on any atom is 0.423 e. The number of likely N-dealkylation sites (tertiary alicyclic amines) is 1. The van der Waals surface area contributed by atoms with E-state index in [9.17, 15) is 40.3 Å². The Labute approximate surface area is 208 Å². The predicted molar refractivity (Wildman–Crippen MR) is 115 cm³/mol. The van der Waals surface area contributed by atoms with Crippen LogP contribution in [0, 0.1) is 6.92 Å². The van der Waals surface area contributed by atoms with Crippen LogP contribution in [0.15, 0.2) is 24.7 Å². The van der Waals surface area contributed by atoms with E-state index >= 15 is 0 Å². The molecule has 0 bridgehead atoms. The summed E-state index contributed by atoms with van der Waals surface area (Å²) in [6.45, 7) is -0.0570. The minimum Gasteiger partial charge on any atom is -0.382 e. The van der Waals surface area contributed by atoms with Crippen LogP contribution < -0.4 is 11.1 Å². The van der Waals surface area contributed by atoms with E-state index in [0.717, 1.165) is 16.9 Å². The molecule has 4 rings (SSSR count). The molecular formula is C21H18F7N7O3. The van der Waals surface area contributed by atoms with E-state index < -0.39 is 72.5 Å². The lowest BCUT2D eigenvalue weighted by Crippen LogP contribution is -2.47. The predicted octanol–water partition coefficient (Wildman–Crippen LogP) is 1.90. The summed E-state index contributed by atoms with van der Waals surface area (Å²) in [6.07, 6.45) is -13.3. The quantitative estimate of drug-likeness (QED) is 0.423. The van der Waals surface area contributed by atoms with Crippen molar-refractivity contribution >= 4 is 23.1 Å². The maximum absolute atomic E-state index is 14.5. The van der Waals surface area contributed by atoms with Gasteiger partial charge >= 0.3 is 12.4 Å². The molecule has 3 aromatic heterocycles. The summed E-state index contributed by atoms with van der Waals surface area (Å²) in [5.41, 5.74) is 3.79. The number of rotatable bonds is 4.